The van der Waals surface area contributed by atoms with E-state index in [4.69, 9.17) is 4.74 Å². The Morgan fingerprint density at radius 2 is 2.07 bits per heavy atom. The molecular weight excluding hydrogens is 176 g/mol. The Morgan fingerprint density at radius 1 is 1.36 bits per heavy atom. The molecule has 76 valence electrons. The van der Waals surface area contributed by atoms with Gasteiger partial charge < -0.3 is 9.72 Å². The highest BCUT2D eigenvalue weighted by Gasteiger charge is 2.00. The molecule has 2 aromatic rings. The van der Waals surface area contributed by atoms with Gasteiger partial charge in [0.2, 0.25) is 5.88 Å². The number of pyridine rings is 1. The van der Waals surface area contributed by atoms with Crippen LogP contribution >= 0.6 is 0 Å². The van der Waals surface area contributed by atoms with E-state index in [0.29, 0.717) is 5.88 Å². The highest BCUT2D eigenvalue weighted by atomic mass is 16.5. The van der Waals surface area contributed by atoms with Crippen molar-refractivity contribution in [2.75, 3.05) is 7.11 Å². The number of nitrogens with one attached hydrogen (secondary N) is 1. The van der Waals surface area contributed by atoms with Crippen LogP contribution < -0.4 is 4.74 Å². The van der Waals surface area contributed by atoms with Crippen molar-refractivity contribution in [2.24, 2.45) is 0 Å². The first-order valence-corrected chi connectivity index (χ1v) is 4.79. The molecule has 14 heavy (non-hydrogen) atoms. The van der Waals surface area contributed by atoms with Gasteiger partial charge in [-0.15, -0.1) is 0 Å². The van der Waals surface area contributed by atoms with Crippen molar-refractivity contribution in [3.63, 3.8) is 0 Å². The van der Waals surface area contributed by atoms with Crippen molar-refractivity contribution in [3.05, 3.63) is 24.0 Å². The van der Waals surface area contributed by atoms with Gasteiger partial charge in [-0.25, -0.2) is 4.98 Å². The maximum atomic E-state index is 5.02. The summed E-state index contributed by atoms with van der Waals surface area (Å²) >= 11 is 0. The second-order valence-corrected chi connectivity index (χ2v) is 2.74. The molecule has 0 aromatic carbocycles. The third kappa shape index (κ3) is 1.87. The van der Waals surface area contributed by atoms with E-state index in [1.165, 1.54) is 10.9 Å². The third-order valence-electron chi connectivity index (χ3n) is 1.96. The first kappa shape index (κ1) is 10.6. The molecule has 0 aliphatic rings. The van der Waals surface area contributed by atoms with Gasteiger partial charge in [0.25, 0.3) is 0 Å². The van der Waals surface area contributed by atoms with E-state index in [-0.39, 0.29) is 0 Å². The molecule has 0 fully saturated rings. The lowest BCUT2D eigenvalue weighted by Crippen LogP contribution is -1.85. The van der Waals surface area contributed by atoms with Gasteiger partial charge in [0, 0.05) is 17.6 Å². The van der Waals surface area contributed by atoms with Gasteiger partial charge in [0.05, 0.1) is 18.8 Å². The Balaban J connectivity index is 0.000000461. The standard InChI is InChI=1S/C9H10N2O.C2H6/c1-6-4-10-8-5-11-9(12-2)3-7(6)8;1-2/h3-5,10H,1-2H3;1-2H3. The lowest BCUT2D eigenvalue weighted by molar-refractivity contribution is 0.398. The van der Waals surface area contributed by atoms with E-state index in [0.717, 1.165) is 5.52 Å². The number of aromatic nitrogens is 2. The van der Waals surface area contributed by atoms with Crippen molar-refractivity contribution in [3.8, 4) is 5.88 Å². The fourth-order valence-electron chi connectivity index (χ4n) is 1.25. The summed E-state index contributed by atoms with van der Waals surface area (Å²) in [6, 6.07) is 1.93. The van der Waals surface area contributed by atoms with Crippen molar-refractivity contribution >= 4 is 10.9 Å². The highest BCUT2D eigenvalue weighted by Crippen LogP contribution is 2.19. The normalized spacial score (nSPS) is 9.43. The lowest BCUT2D eigenvalue weighted by atomic mass is 10.2. The summed E-state index contributed by atoms with van der Waals surface area (Å²) in [5.74, 6) is 0.658. The van der Waals surface area contributed by atoms with Crippen LogP contribution in [0.3, 0.4) is 0 Å². The van der Waals surface area contributed by atoms with E-state index in [9.17, 15) is 0 Å². The monoisotopic (exact) mass is 192 g/mol. The number of hydrogen-bond acceptors (Lipinski definition) is 2. The molecule has 1 N–H and O–H groups in total. The lowest BCUT2D eigenvalue weighted by Gasteiger charge is -1.97. The van der Waals surface area contributed by atoms with Crippen molar-refractivity contribution in [1.29, 1.82) is 0 Å². The molecule has 0 radical (unpaired) electrons. The molecule has 2 heterocycles. The number of ether oxygens (including phenoxy) is 1. The van der Waals surface area contributed by atoms with Gasteiger partial charge in [-0.1, -0.05) is 13.8 Å². The third-order valence-corrected chi connectivity index (χ3v) is 1.96. The number of methoxy groups -OCH3 is 1. The summed E-state index contributed by atoms with van der Waals surface area (Å²) in [7, 11) is 1.62. The minimum atomic E-state index is 0.658. The Morgan fingerprint density at radius 3 is 2.71 bits per heavy atom. The molecule has 0 bridgehead atoms. The van der Waals surface area contributed by atoms with Crippen LogP contribution in [0.25, 0.3) is 10.9 Å². The van der Waals surface area contributed by atoms with Crippen LogP contribution in [0, 0.1) is 6.92 Å². The van der Waals surface area contributed by atoms with Crippen molar-refractivity contribution < 1.29 is 4.74 Å². The molecule has 0 aliphatic heterocycles. The van der Waals surface area contributed by atoms with Crippen LogP contribution in [0.4, 0.5) is 0 Å². The fourth-order valence-corrected chi connectivity index (χ4v) is 1.25. The molecule has 0 saturated carbocycles. The molecule has 0 atom stereocenters. The average molecular weight is 192 g/mol. The Kier molecular flexibility index (Phi) is 3.51. The van der Waals surface area contributed by atoms with E-state index < -0.39 is 0 Å². The number of fused-ring (bicyclic) bond motifs is 1. The maximum Gasteiger partial charge on any atom is 0.213 e. The number of H-pyrrole nitrogens is 1. The zero-order valence-electron chi connectivity index (χ0n) is 9.09. The van der Waals surface area contributed by atoms with Crippen LogP contribution in [0.5, 0.6) is 5.88 Å². The molecule has 0 spiro atoms. The average Bonchev–Trinajstić information content (AvgIpc) is 2.63. The van der Waals surface area contributed by atoms with Gasteiger partial charge in [-0.2, -0.15) is 0 Å². The van der Waals surface area contributed by atoms with Crippen LogP contribution in [-0.2, 0) is 0 Å². The Labute approximate surface area is 84.1 Å². The Hall–Kier alpha value is -1.51. The van der Waals surface area contributed by atoms with Gasteiger partial charge >= 0.3 is 0 Å². The van der Waals surface area contributed by atoms with Crippen LogP contribution in [0.15, 0.2) is 18.5 Å². The fraction of sp³-hybridized carbons (Fsp3) is 0.364. The van der Waals surface area contributed by atoms with Gasteiger partial charge in [-0.05, 0) is 12.5 Å². The zero-order chi connectivity index (χ0) is 10.6. The summed E-state index contributed by atoms with van der Waals surface area (Å²) in [6.45, 7) is 6.05. The van der Waals surface area contributed by atoms with E-state index in [1.807, 2.05) is 26.1 Å². The maximum absolute atomic E-state index is 5.02. The SMILES string of the molecule is CC.COc1cc2c(C)c[nH]c2cn1. The predicted octanol–water partition coefficient (Wildman–Crippen LogP) is 2.91. The molecular formula is C11H16N2O. The van der Waals surface area contributed by atoms with Gasteiger partial charge in [0.15, 0.2) is 0 Å². The first-order valence-electron chi connectivity index (χ1n) is 4.79. The number of aromatic amines is 1. The number of rotatable bonds is 1. The first-order chi connectivity index (χ1) is 6.81. The Bertz CT molecular complexity index is 407. The van der Waals surface area contributed by atoms with Crippen LogP contribution in [0.1, 0.15) is 19.4 Å². The molecule has 2 rings (SSSR count). The summed E-state index contributed by atoms with van der Waals surface area (Å²) in [6.07, 6.45) is 3.74. The summed E-state index contributed by atoms with van der Waals surface area (Å²) in [4.78, 5) is 7.21. The highest BCUT2D eigenvalue weighted by molar-refractivity contribution is 5.82. The molecule has 3 heteroatoms. The van der Waals surface area contributed by atoms with E-state index in [2.05, 4.69) is 16.9 Å². The largest absolute Gasteiger partial charge is 0.481 e. The zero-order valence-corrected chi connectivity index (χ0v) is 9.09. The summed E-state index contributed by atoms with van der Waals surface area (Å²) in [5.41, 5.74) is 2.26. The quantitative estimate of drug-likeness (QED) is 0.754. The summed E-state index contributed by atoms with van der Waals surface area (Å²) < 4.78 is 5.02. The van der Waals surface area contributed by atoms with Gasteiger partial charge in [0.1, 0.15) is 0 Å². The molecule has 0 saturated heterocycles. The van der Waals surface area contributed by atoms with Crippen LogP contribution in [-0.4, -0.2) is 17.1 Å². The molecule has 2 aromatic heterocycles. The number of aryl methyl sites for hydroxylation is 1. The summed E-state index contributed by atoms with van der Waals surface area (Å²) in [5, 5.41) is 1.17. The predicted molar refractivity (Wildman–Crippen MR) is 58.7 cm³/mol. The number of hydrogen-bond donors (Lipinski definition) is 1. The van der Waals surface area contributed by atoms with Crippen molar-refractivity contribution in [2.45, 2.75) is 20.8 Å². The van der Waals surface area contributed by atoms with Crippen molar-refractivity contribution in [1.82, 2.24) is 9.97 Å². The second kappa shape index (κ2) is 4.65. The van der Waals surface area contributed by atoms with Crippen LogP contribution in [0.2, 0.25) is 0 Å². The second-order valence-electron chi connectivity index (χ2n) is 2.74. The smallest absolute Gasteiger partial charge is 0.213 e. The number of nitrogens with zero attached hydrogens (tertiary/aromatic N) is 1. The topological polar surface area (TPSA) is 37.9 Å². The molecule has 3 nitrogen and oxygen atoms in total. The molecule has 0 aliphatic carbocycles. The van der Waals surface area contributed by atoms with Gasteiger partial charge in [-0.3, -0.25) is 0 Å². The molecule has 0 unspecified atom stereocenters. The van der Waals surface area contributed by atoms with E-state index >= 15 is 0 Å². The minimum Gasteiger partial charge on any atom is -0.481 e. The molecule has 0 amide bonds. The minimum absolute atomic E-state index is 0.658. The van der Waals surface area contributed by atoms with E-state index in [1.54, 1.807) is 13.3 Å².